The van der Waals surface area contributed by atoms with Gasteiger partial charge in [-0.15, -0.1) is 0 Å². The molecule has 1 aromatic carbocycles. The number of fused-ring (bicyclic) bond motifs is 1. The Morgan fingerprint density at radius 3 is 2.63 bits per heavy atom. The Kier molecular flexibility index (Phi) is 3.53. The number of anilines is 1. The van der Waals surface area contributed by atoms with Gasteiger partial charge in [-0.1, -0.05) is 32.0 Å². The fourth-order valence-electron chi connectivity index (χ4n) is 3.68. The second kappa shape index (κ2) is 5.16. The summed E-state index contributed by atoms with van der Waals surface area (Å²) >= 11 is 0. The van der Waals surface area contributed by atoms with E-state index < -0.39 is 0 Å². The number of nitrogens with one attached hydrogen (secondary N) is 1. The summed E-state index contributed by atoms with van der Waals surface area (Å²) in [5, 5.41) is 3.74. The van der Waals surface area contributed by atoms with Gasteiger partial charge in [0, 0.05) is 17.8 Å². The van der Waals surface area contributed by atoms with Crippen molar-refractivity contribution < 1.29 is 0 Å². The molecule has 0 aromatic heterocycles. The van der Waals surface area contributed by atoms with Crippen molar-refractivity contribution >= 4 is 5.69 Å². The van der Waals surface area contributed by atoms with Gasteiger partial charge in [-0.25, -0.2) is 0 Å². The van der Waals surface area contributed by atoms with Gasteiger partial charge in [-0.05, 0) is 56.3 Å². The molecular weight excluding hydrogens is 232 g/mol. The summed E-state index contributed by atoms with van der Waals surface area (Å²) in [6.45, 7) is 9.47. The predicted molar refractivity (Wildman–Crippen MR) is 81.8 cm³/mol. The maximum absolute atomic E-state index is 3.74. The van der Waals surface area contributed by atoms with E-state index in [1.807, 2.05) is 0 Å². The minimum absolute atomic E-state index is 0.581. The van der Waals surface area contributed by atoms with Crippen LogP contribution in [0.5, 0.6) is 0 Å². The molecule has 19 heavy (non-hydrogen) atoms. The number of benzene rings is 1. The number of hydrogen-bond donors (Lipinski definition) is 1. The van der Waals surface area contributed by atoms with E-state index in [1.165, 1.54) is 49.2 Å². The van der Waals surface area contributed by atoms with Crippen LogP contribution in [-0.2, 0) is 0 Å². The molecule has 2 aliphatic heterocycles. The van der Waals surface area contributed by atoms with Gasteiger partial charge < -0.3 is 5.32 Å². The molecule has 0 bridgehead atoms. The van der Waals surface area contributed by atoms with Crippen LogP contribution in [-0.4, -0.2) is 24.0 Å². The van der Waals surface area contributed by atoms with Gasteiger partial charge in [0.25, 0.3) is 0 Å². The summed E-state index contributed by atoms with van der Waals surface area (Å²) in [4.78, 5) is 2.69. The lowest BCUT2D eigenvalue weighted by molar-refractivity contribution is 0.223. The monoisotopic (exact) mass is 258 g/mol. The SMILES string of the molecule is CC1CC(N2CCCC2)c2cccc(C(C)C)c2N1. The lowest BCUT2D eigenvalue weighted by Crippen LogP contribution is -2.35. The molecule has 2 unspecified atom stereocenters. The standard InChI is InChI=1S/C17H26N2/c1-12(2)14-7-6-8-15-16(19-9-4-5-10-19)11-13(3)18-17(14)15/h6-8,12-13,16,18H,4-5,9-11H2,1-3H3. The lowest BCUT2D eigenvalue weighted by Gasteiger charge is -2.38. The van der Waals surface area contributed by atoms with E-state index in [2.05, 4.69) is 49.2 Å². The first-order valence-corrected chi connectivity index (χ1v) is 7.80. The highest BCUT2D eigenvalue weighted by atomic mass is 15.2. The van der Waals surface area contributed by atoms with E-state index in [-0.39, 0.29) is 0 Å². The van der Waals surface area contributed by atoms with Gasteiger partial charge in [0.1, 0.15) is 0 Å². The highest BCUT2D eigenvalue weighted by molar-refractivity contribution is 5.62. The first kappa shape index (κ1) is 13.0. The third-order valence-electron chi connectivity index (χ3n) is 4.66. The maximum atomic E-state index is 3.74. The average Bonchev–Trinajstić information content (AvgIpc) is 2.90. The zero-order valence-electron chi connectivity index (χ0n) is 12.4. The fourth-order valence-corrected chi connectivity index (χ4v) is 3.68. The Balaban J connectivity index is 2.01. The summed E-state index contributed by atoms with van der Waals surface area (Å²) in [5.41, 5.74) is 4.44. The van der Waals surface area contributed by atoms with E-state index in [1.54, 1.807) is 0 Å². The van der Waals surface area contributed by atoms with Crippen LogP contribution < -0.4 is 5.32 Å². The lowest BCUT2D eigenvalue weighted by atomic mass is 9.87. The number of rotatable bonds is 2. The summed E-state index contributed by atoms with van der Waals surface area (Å²) in [6, 6.07) is 8.08. The zero-order valence-corrected chi connectivity index (χ0v) is 12.4. The van der Waals surface area contributed by atoms with Crippen LogP contribution in [0.1, 0.15) is 63.1 Å². The van der Waals surface area contributed by atoms with Crippen molar-refractivity contribution in [3.05, 3.63) is 29.3 Å². The average molecular weight is 258 g/mol. The molecule has 2 heteroatoms. The molecule has 0 saturated carbocycles. The normalized spacial score (nSPS) is 27.4. The molecule has 1 aromatic rings. The number of likely N-dealkylation sites (tertiary alicyclic amines) is 1. The number of nitrogens with zero attached hydrogens (tertiary/aromatic N) is 1. The second-order valence-electron chi connectivity index (χ2n) is 6.51. The second-order valence-corrected chi connectivity index (χ2v) is 6.51. The third-order valence-corrected chi connectivity index (χ3v) is 4.66. The van der Waals surface area contributed by atoms with Crippen LogP contribution in [0.2, 0.25) is 0 Å². The molecule has 1 fully saturated rings. The van der Waals surface area contributed by atoms with E-state index >= 15 is 0 Å². The van der Waals surface area contributed by atoms with Crippen LogP contribution in [0.3, 0.4) is 0 Å². The van der Waals surface area contributed by atoms with E-state index in [0.717, 1.165) is 0 Å². The van der Waals surface area contributed by atoms with Crippen LogP contribution in [0.4, 0.5) is 5.69 Å². The van der Waals surface area contributed by atoms with Gasteiger partial charge in [-0.2, -0.15) is 0 Å². The Morgan fingerprint density at radius 1 is 1.21 bits per heavy atom. The Labute approximate surface area is 117 Å². The predicted octanol–water partition coefficient (Wildman–Crippen LogP) is 4.15. The first-order valence-electron chi connectivity index (χ1n) is 7.80. The fraction of sp³-hybridized carbons (Fsp3) is 0.647. The topological polar surface area (TPSA) is 15.3 Å². The highest BCUT2D eigenvalue weighted by Gasteiger charge is 2.31. The van der Waals surface area contributed by atoms with Gasteiger partial charge in [0.15, 0.2) is 0 Å². The molecule has 1 saturated heterocycles. The molecule has 0 spiro atoms. The molecule has 0 amide bonds. The van der Waals surface area contributed by atoms with Crippen LogP contribution in [0.15, 0.2) is 18.2 Å². The van der Waals surface area contributed by atoms with Crippen molar-refractivity contribution in [2.45, 2.75) is 58.0 Å². The van der Waals surface area contributed by atoms with Crippen LogP contribution in [0.25, 0.3) is 0 Å². The Morgan fingerprint density at radius 2 is 1.95 bits per heavy atom. The number of para-hydroxylation sites is 1. The van der Waals surface area contributed by atoms with E-state index in [0.29, 0.717) is 18.0 Å². The highest BCUT2D eigenvalue weighted by Crippen LogP contribution is 2.41. The van der Waals surface area contributed by atoms with Crippen molar-refractivity contribution in [1.82, 2.24) is 4.90 Å². The van der Waals surface area contributed by atoms with Gasteiger partial charge in [0.05, 0.1) is 0 Å². The van der Waals surface area contributed by atoms with Gasteiger partial charge >= 0.3 is 0 Å². The zero-order chi connectivity index (χ0) is 13.4. The summed E-state index contributed by atoms with van der Waals surface area (Å²) in [7, 11) is 0. The molecular formula is C17H26N2. The molecule has 2 nitrogen and oxygen atoms in total. The summed E-state index contributed by atoms with van der Waals surface area (Å²) in [6.07, 6.45) is 3.99. The molecule has 2 atom stereocenters. The molecule has 2 aliphatic rings. The van der Waals surface area contributed by atoms with Gasteiger partial charge in [0.2, 0.25) is 0 Å². The van der Waals surface area contributed by atoms with E-state index in [4.69, 9.17) is 0 Å². The molecule has 2 heterocycles. The van der Waals surface area contributed by atoms with Crippen LogP contribution in [0, 0.1) is 0 Å². The van der Waals surface area contributed by atoms with Crippen LogP contribution >= 0.6 is 0 Å². The van der Waals surface area contributed by atoms with Crippen molar-refractivity contribution in [1.29, 1.82) is 0 Å². The van der Waals surface area contributed by atoms with Crippen molar-refractivity contribution in [2.75, 3.05) is 18.4 Å². The van der Waals surface area contributed by atoms with Crippen molar-refractivity contribution in [3.8, 4) is 0 Å². The maximum Gasteiger partial charge on any atom is 0.0426 e. The smallest absolute Gasteiger partial charge is 0.0426 e. The molecule has 0 radical (unpaired) electrons. The van der Waals surface area contributed by atoms with E-state index in [9.17, 15) is 0 Å². The minimum Gasteiger partial charge on any atom is -0.382 e. The third kappa shape index (κ3) is 2.38. The largest absolute Gasteiger partial charge is 0.382 e. The minimum atomic E-state index is 0.581. The number of hydrogen-bond acceptors (Lipinski definition) is 2. The van der Waals surface area contributed by atoms with Crippen molar-refractivity contribution in [2.24, 2.45) is 0 Å². The summed E-state index contributed by atoms with van der Waals surface area (Å²) < 4.78 is 0. The molecule has 3 rings (SSSR count). The Hall–Kier alpha value is -1.02. The van der Waals surface area contributed by atoms with Crippen molar-refractivity contribution in [3.63, 3.8) is 0 Å². The quantitative estimate of drug-likeness (QED) is 0.857. The molecule has 104 valence electrons. The molecule has 0 aliphatic carbocycles. The summed E-state index contributed by atoms with van der Waals surface area (Å²) in [5.74, 6) is 0.590. The Bertz CT molecular complexity index is 447. The first-order chi connectivity index (χ1) is 9.16. The van der Waals surface area contributed by atoms with Gasteiger partial charge in [-0.3, -0.25) is 4.90 Å². The molecule has 1 N–H and O–H groups in total.